The van der Waals surface area contributed by atoms with Gasteiger partial charge in [0.2, 0.25) is 11.8 Å². The molecule has 2 aromatic rings. The molecule has 2 saturated carbocycles. The molecule has 2 amide bonds. The number of imide groups is 1. The lowest BCUT2D eigenvalue weighted by molar-refractivity contribution is -0.123. The Morgan fingerprint density at radius 3 is 2.15 bits per heavy atom. The molecule has 0 N–H and O–H groups in total. The van der Waals surface area contributed by atoms with Crippen LogP contribution in [0.25, 0.3) is 0 Å². The van der Waals surface area contributed by atoms with Crippen molar-refractivity contribution < 1.29 is 14.3 Å². The topological polar surface area (TPSA) is 46.6 Å². The lowest BCUT2D eigenvalue weighted by atomic mass is 9.81. The summed E-state index contributed by atoms with van der Waals surface area (Å²) in [7, 11) is 0. The van der Waals surface area contributed by atoms with E-state index in [1.165, 1.54) is 10.5 Å². The van der Waals surface area contributed by atoms with Crippen LogP contribution in [-0.2, 0) is 9.59 Å². The van der Waals surface area contributed by atoms with Gasteiger partial charge in [-0.2, -0.15) is 0 Å². The molecular formula is C23H23NO3. The normalized spacial score (nSPS) is 28.7. The zero-order chi connectivity index (χ0) is 18.7. The number of amides is 2. The average Bonchev–Trinajstić information content (AvgIpc) is 3.34. The van der Waals surface area contributed by atoms with E-state index in [1.54, 1.807) is 0 Å². The third kappa shape index (κ3) is 2.43. The van der Waals surface area contributed by atoms with Gasteiger partial charge in [0, 0.05) is 0 Å². The Hall–Kier alpha value is -2.62. The average molecular weight is 361 g/mol. The van der Waals surface area contributed by atoms with Gasteiger partial charge in [-0.1, -0.05) is 12.1 Å². The molecule has 2 aromatic carbocycles. The third-order valence-corrected chi connectivity index (χ3v) is 6.81. The van der Waals surface area contributed by atoms with Crippen LogP contribution in [0.1, 0.15) is 30.4 Å². The van der Waals surface area contributed by atoms with Crippen molar-refractivity contribution >= 4 is 17.5 Å². The van der Waals surface area contributed by atoms with Gasteiger partial charge in [0.1, 0.15) is 11.5 Å². The zero-order valence-electron chi connectivity index (χ0n) is 15.6. The van der Waals surface area contributed by atoms with Crippen LogP contribution in [0.15, 0.2) is 42.5 Å². The summed E-state index contributed by atoms with van der Waals surface area (Å²) >= 11 is 0. The number of anilines is 1. The predicted molar refractivity (Wildman–Crippen MR) is 103 cm³/mol. The van der Waals surface area contributed by atoms with Crippen molar-refractivity contribution in [1.82, 2.24) is 0 Å². The van der Waals surface area contributed by atoms with E-state index >= 15 is 0 Å². The molecule has 4 heteroatoms. The highest BCUT2D eigenvalue weighted by Gasteiger charge is 2.61. The lowest BCUT2D eigenvalue weighted by Crippen LogP contribution is -2.32. The zero-order valence-corrected chi connectivity index (χ0v) is 15.6. The first-order valence-electron chi connectivity index (χ1n) is 9.76. The molecule has 4 atom stereocenters. The molecule has 2 aliphatic carbocycles. The molecule has 3 aliphatic rings. The van der Waals surface area contributed by atoms with Crippen LogP contribution in [0.5, 0.6) is 11.5 Å². The summed E-state index contributed by atoms with van der Waals surface area (Å²) in [5.74, 6) is 2.18. The lowest BCUT2D eigenvalue weighted by Gasteiger charge is -2.19. The van der Waals surface area contributed by atoms with Crippen molar-refractivity contribution in [1.29, 1.82) is 0 Å². The first-order valence-corrected chi connectivity index (χ1v) is 9.76. The van der Waals surface area contributed by atoms with Crippen molar-refractivity contribution in [3.63, 3.8) is 0 Å². The fraction of sp³-hybridized carbons (Fsp3) is 0.391. The number of nitrogens with zero attached hydrogens (tertiary/aromatic N) is 1. The SMILES string of the molecule is Cc1cccc(Oc2ccc(N3C(=O)[C@@H]4[C@H]5CC[C@H](C5)[C@@H]4C3=O)cc2)c1C. The molecule has 5 rings (SSSR count). The monoisotopic (exact) mass is 361 g/mol. The van der Waals surface area contributed by atoms with Crippen LogP contribution in [0, 0.1) is 37.5 Å². The highest BCUT2D eigenvalue weighted by molar-refractivity contribution is 6.22. The minimum atomic E-state index is -0.0814. The van der Waals surface area contributed by atoms with Gasteiger partial charge in [-0.25, -0.2) is 0 Å². The maximum atomic E-state index is 12.9. The summed E-state index contributed by atoms with van der Waals surface area (Å²) < 4.78 is 5.99. The number of rotatable bonds is 3. The van der Waals surface area contributed by atoms with E-state index in [0.717, 1.165) is 30.6 Å². The second-order valence-corrected chi connectivity index (χ2v) is 8.19. The van der Waals surface area contributed by atoms with Gasteiger partial charge in [0.05, 0.1) is 17.5 Å². The number of ether oxygens (including phenoxy) is 1. The summed E-state index contributed by atoms with van der Waals surface area (Å²) in [6.07, 6.45) is 3.26. The molecule has 0 aromatic heterocycles. The minimum Gasteiger partial charge on any atom is -0.457 e. The summed E-state index contributed by atoms with van der Waals surface area (Å²) in [6.45, 7) is 4.09. The van der Waals surface area contributed by atoms with Crippen LogP contribution < -0.4 is 9.64 Å². The van der Waals surface area contributed by atoms with Gasteiger partial charge in [0.15, 0.2) is 0 Å². The maximum absolute atomic E-state index is 12.9. The van der Waals surface area contributed by atoms with Crippen molar-refractivity contribution in [2.45, 2.75) is 33.1 Å². The standard InChI is InChI=1S/C23H23NO3/c1-13-4-3-5-19(14(13)2)27-18-10-8-17(9-11-18)24-22(25)20-15-6-7-16(12-15)21(20)23(24)26/h3-5,8-11,15-16,20-21H,6-7,12H2,1-2H3/t15-,16+,20+,21-. The van der Waals surface area contributed by atoms with Crippen LogP contribution in [0.2, 0.25) is 0 Å². The summed E-state index contributed by atoms with van der Waals surface area (Å²) in [6, 6.07) is 13.3. The first-order chi connectivity index (χ1) is 13.0. The summed E-state index contributed by atoms with van der Waals surface area (Å²) in [5.41, 5.74) is 2.94. The summed E-state index contributed by atoms with van der Waals surface area (Å²) in [5, 5.41) is 0. The first kappa shape index (κ1) is 16.5. The van der Waals surface area contributed by atoms with E-state index in [2.05, 4.69) is 13.0 Å². The van der Waals surface area contributed by atoms with E-state index in [1.807, 2.05) is 43.3 Å². The Kier molecular flexibility index (Phi) is 3.64. The molecule has 3 fully saturated rings. The number of hydrogen-bond acceptors (Lipinski definition) is 3. The number of carbonyl (C=O) groups excluding carboxylic acids is 2. The Bertz CT molecular complexity index is 905. The fourth-order valence-corrected chi connectivity index (χ4v) is 5.29. The van der Waals surface area contributed by atoms with Gasteiger partial charge < -0.3 is 4.74 Å². The molecule has 2 bridgehead atoms. The number of hydrogen-bond donors (Lipinski definition) is 0. The number of carbonyl (C=O) groups is 2. The Labute approximate surface area is 159 Å². The van der Waals surface area contributed by atoms with E-state index in [0.29, 0.717) is 23.3 Å². The van der Waals surface area contributed by atoms with Gasteiger partial charge >= 0.3 is 0 Å². The minimum absolute atomic E-state index is 0.000368. The molecule has 27 heavy (non-hydrogen) atoms. The molecule has 1 saturated heterocycles. The Morgan fingerprint density at radius 1 is 0.889 bits per heavy atom. The smallest absolute Gasteiger partial charge is 0.237 e. The predicted octanol–water partition coefficient (Wildman–Crippen LogP) is 4.63. The van der Waals surface area contributed by atoms with E-state index < -0.39 is 0 Å². The van der Waals surface area contributed by atoms with E-state index in [9.17, 15) is 9.59 Å². The van der Waals surface area contributed by atoms with E-state index in [4.69, 9.17) is 4.74 Å². The Balaban J connectivity index is 1.39. The second-order valence-electron chi connectivity index (χ2n) is 8.19. The van der Waals surface area contributed by atoms with Crippen LogP contribution in [0.4, 0.5) is 5.69 Å². The largest absolute Gasteiger partial charge is 0.457 e. The van der Waals surface area contributed by atoms with Crippen molar-refractivity contribution in [3.8, 4) is 11.5 Å². The Morgan fingerprint density at radius 2 is 1.52 bits per heavy atom. The van der Waals surface area contributed by atoms with Crippen molar-refractivity contribution in [2.75, 3.05) is 4.90 Å². The van der Waals surface area contributed by atoms with Crippen LogP contribution in [0.3, 0.4) is 0 Å². The number of fused-ring (bicyclic) bond motifs is 5. The molecule has 4 nitrogen and oxygen atoms in total. The van der Waals surface area contributed by atoms with Gasteiger partial charge in [-0.05, 0) is 86.4 Å². The fourth-order valence-electron chi connectivity index (χ4n) is 5.29. The van der Waals surface area contributed by atoms with Gasteiger partial charge in [-0.3, -0.25) is 14.5 Å². The van der Waals surface area contributed by atoms with Gasteiger partial charge in [-0.15, -0.1) is 0 Å². The molecule has 0 radical (unpaired) electrons. The van der Waals surface area contributed by atoms with Crippen LogP contribution in [-0.4, -0.2) is 11.8 Å². The maximum Gasteiger partial charge on any atom is 0.237 e. The molecule has 1 aliphatic heterocycles. The van der Waals surface area contributed by atoms with Gasteiger partial charge in [0.25, 0.3) is 0 Å². The molecule has 1 heterocycles. The molecular weight excluding hydrogens is 338 g/mol. The highest BCUT2D eigenvalue weighted by atomic mass is 16.5. The third-order valence-electron chi connectivity index (χ3n) is 6.81. The molecule has 0 spiro atoms. The van der Waals surface area contributed by atoms with Crippen LogP contribution >= 0.6 is 0 Å². The van der Waals surface area contributed by atoms with Crippen molar-refractivity contribution in [2.24, 2.45) is 23.7 Å². The highest BCUT2D eigenvalue weighted by Crippen LogP contribution is 2.56. The number of benzene rings is 2. The summed E-state index contributed by atoms with van der Waals surface area (Å²) in [4.78, 5) is 27.3. The number of aryl methyl sites for hydroxylation is 1. The molecule has 0 unspecified atom stereocenters. The molecule has 138 valence electrons. The van der Waals surface area contributed by atoms with Crippen molar-refractivity contribution in [3.05, 3.63) is 53.6 Å². The van der Waals surface area contributed by atoms with E-state index in [-0.39, 0.29) is 23.7 Å². The quantitative estimate of drug-likeness (QED) is 0.749. The second kappa shape index (κ2) is 5.95.